The van der Waals surface area contributed by atoms with Gasteiger partial charge in [0.05, 0.1) is 30.0 Å². The lowest BCUT2D eigenvalue weighted by Gasteiger charge is -2.26. The predicted octanol–water partition coefficient (Wildman–Crippen LogP) is 4.28. The van der Waals surface area contributed by atoms with Crippen LogP contribution in [0.1, 0.15) is 16.1 Å². The van der Waals surface area contributed by atoms with Crippen molar-refractivity contribution in [2.75, 3.05) is 26.3 Å². The van der Waals surface area contributed by atoms with Crippen molar-refractivity contribution in [3.63, 3.8) is 0 Å². The number of nitrogens with one attached hydrogen (secondary N) is 1. The largest absolute Gasteiger partial charge is 0.453 e. The van der Waals surface area contributed by atoms with Crippen molar-refractivity contribution >= 4 is 5.91 Å². The maximum Gasteiger partial charge on any atom is 0.453 e. The highest BCUT2D eigenvalue weighted by Crippen LogP contribution is 2.42. The SMILES string of the molecule is O=C(c1ccc(-c2nc(-c3c(-c4ccccc4)noc3C(F)(F)F)c[nH]2)nc1)N1CCOCC1. The van der Waals surface area contributed by atoms with E-state index in [2.05, 4.69) is 24.6 Å². The molecule has 0 unspecified atom stereocenters. The second-order valence-electron chi connectivity index (χ2n) is 7.57. The number of aromatic amines is 1. The highest BCUT2D eigenvalue weighted by Gasteiger charge is 2.41. The van der Waals surface area contributed by atoms with Crippen molar-refractivity contribution in [2.45, 2.75) is 6.18 Å². The van der Waals surface area contributed by atoms with E-state index in [0.29, 0.717) is 43.1 Å². The molecule has 4 heterocycles. The first-order chi connectivity index (χ1) is 16.4. The van der Waals surface area contributed by atoms with Crippen molar-refractivity contribution < 1.29 is 27.2 Å². The Morgan fingerprint density at radius 1 is 1.03 bits per heavy atom. The molecule has 0 bridgehead atoms. The maximum atomic E-state index is 13.6. The van der Waals surface area contributed by atoms with Crippen LogP contribution in [0.15, 0.2) is 59.4 Å². The quantitative estimate of drug-likeness (QED) is 0.479. The number of aromatic nitrogens is 4. The summed E-state index contributed by atoms with van der Waals surface area (Å²) < 4.78 is 50.9. The van der Waals surface area contributed by atoms with E-state index in [1.165, 1.54) is 12.4 Å². The van der Waals surface area contributed by atoms with Gasteiger partial charge in [-0.1, -0.05) is 35.5 Å². The molecule has 174 valence electrons. The zero-order valence-corrected chi connectivity index (χ0v) is 17.7. The van der Waals surface area contributed by atoms with Gasteiger partial charge < -0.3 is 19.1 Å². The molecule has 0 aliphatic carbocycles. The first kappa shape index (κ1) is 21.8. The Hall–Kier alpha value is -3.99. The average molecular weight is 469 g/mol. The van der Waals surface area contributed by atoms with E-state index in [1.54, 1.807) is 47.4 Å². The Labute approximate surface area is 191 Å². The summed E-state index contributed by atoms with van der Waals surface area (Å²) in [6, 6.07) is 11.6. The molecular formula is C23H18F3N5O3. The molecule has 1 N–H and O–H groups in total. The number of H-pyrrole nitrogens is 1. The molecule has 1 aliphatic heterocycles. The predicted molar refractivity (Wildman–Crippen MR) is 114 cm³/mol. The summed E-state index contributed by atoms with van der Waals surface area (Å²) in [6.45, 7) is 1.98. The van der Waals surface area contributed by atoms with Crippen LogP contribution in [0.25, 0.3) is 34.0 Å². The van der Waals surface area contributed by atoms with Gasteiger partial charge in [-0.05, 0) is 12.1 Å². The van der Waals surface area contributed by atoms with E-state index in [0.717, 1.165) is 0 Å². The fourth-order valence-corrected chi connectivity index (χ4v) is 3.70. The van der Waals surface area contributed by atoms with Crippen molar-refractivity contribution in [3.8, 4) is 34.0 Å². The van der Waals surface area contributed by atoms with E-state index in [9.17, 15) is 18.0 Å². The number of hydrogen-bond acceptors (Lipinski definition) is 6. The number of amides is 1. The van der Waals surface area contributed by atoms with Crippen LogP contribution in [0, 0.1) is 0 Å². The molecule has 3 aromatic heterocycles. The van der Waals surface area contributed by atoms with Crippen LogP contribution in [0.5, 0.6) is 0 Å². The molecular weight excluding hydrogens is 451 g/mol. The summed E-state index contributed by atoms with van der Waals surface area (Å²) in [4.78, 5) is 25.7. The number of carbonyl (C=O) groups is 1. The van der Waals surface area contributed by atoms with Gasteiger partial charge >= 0.3 is 6.18 Å². The molecule has 11 heteroatoms. The smallest absolute Gasteiger partial charge is 0.378 e. The van der Waals surface area contributed by atoms with Crippen LogP contribution in [0.3, 0.4) is 0 Å². The number of hydrogen-bond donors (Lipinski definition) is 1. The third kappa shape index (κ3) is 4.17. The third-order valence-corrected chi connectivity index (χ3v) is 5.38. The molecule has 1 fully saturated rings. The van der Waals surface area contributed by atoms with Gasteiger partial charge in [0.1, 0.15) is 11.4 Å². The van der Waals surface area contributed by atoms with Crippen LogP contribution in [0.4, 0.5) is 13.2 Å². The normalized spacial score (nSPS) is 14.4. The van der Waals surface area contributed by atoms with Crippen molar-refractivity contribution in [1.29, 1.82) is 0 Å². The Balaban J connectivity index is 1.46. The third-order valence-electron chi connectivity index (χ3n) is 5.38. The molecule has 0 saturated carbocycles. The van der Waals surface area contributed by atoms with Crippen molar-refractivity contribution in [1.82, 2.24) is 25.0 Å². The summed E-state index contributed by atoms with van der Waals surface area (Å²) in [5, 5.41) is 3.67. The standard InChI is InChI=1S/C23H18F3N5O3/c24-23(25,26)20-18(19(30-34-20)14-4-2-1-3-5-14)17-13-28-21(29-17)16-7-6-15(12-27-16)22(32)31-8-10-33-11-9-31/h1-7,12-13H,8-11H2,(H,28,29). The van der Waals surface area contributed by atoms with E-state index in [-0.39, 0.29) is 28.7 Å². The van der Waals surface area contributed by atoms with Crippen LogP contribution in [-0.2, 0) is 10.9 Å². The second-order valence-corrected chi connectivity index (χ2v) is 7.57. The van der Waals surface area contributed by atoms with Gasteiger partial charge in [0, 0.05) is 31.0 Å². The molecule has 0 spiro atoms. The van der Waals surface area contributed by atoms with Crippen LogP contribution in [-0.4, -0.2) is 57.2 Å². The van der Waals surface area contributed by atoms with Gasteiger partial charge in [0.2, 0.25) is 5.76 Å². The van der Waals surface area contributed by atoms with E-state index in [4.69, 9.17) is 4.74 Å². The minimum Gasteiger partial charge on any atom is -0.378 e. The number of alkyl halides is 3. The highest BCUT2D eigenvalue weighted by atomic mass is 19.4. The summed E-state index contributed by atoms with van der Waals surface area (Å²) in [7, 11) is 0. The van der Waals surface area contributed by atoms with E-state index in [1.807, 2.05) is 0 Å². The monoisotopic (exact) mass is 469 g/mol. The number of benzene rings is 1. The molecule has 5 rings (SSSR count). The average Bonchev–Trinajstić information content (AvgIpc) is 3.52. The van der Waals surface area contributed by atoms with Gasteiger partial charge in [-0.15, -0.1) is 0 Å². The van der Waals surface area contributed by atoms with Gasteiger partial charge in [-0.3, -0.25) is 9.78 Å². The fourth-order valence-electron chi connectivity index (χ4n) is 3.70. The molecule has 1 aliphatic rings. The lowest BCUT2D eigenvalue weighted by atomic mass is 10.0. The summed E-state index contributed by atoms with van der Waals surface area (Å²) in [6.07, 6.45) is -1.99. The first-order valence-electron chi connectivity index (χ1n) is 10.4. The summed E-state index contributed by atoms with van der Waals surface area (Å²) in [5.74, 6) is -1.15. The number of morpholine rings is 1. The van der Waals surface area contributed by atoms with Crippen LogP contribution in [0.2, 0.25) is 0 Å². The lowest BCUT2D eigenvalue weighted by Crippen LogP contribution is -2.40. The Kier molecular flexibility index (Phi) is 5.62. The lowest BCUT2D eigenvalue weighted by molar-refractivity contribution is -0.154. The number of rotatable bonds is 4. The molecule has 34 heavy (non-hydrogen) atoms. The Morgan fingerprint density at radius 3 is 2.47 bits per heavy atom. The van der Waals surface area contributed by atoms with Gasteiger partial charge in [-0.2, -0.15) is 13.2 Å². The highest BCUT2D eigenvalue weighted by molar-refractivity contribution is 5.94. The fraction of sp³-hybridized carbons (Fsp3) is 0.217. The molecule has 0 atom stereocenters. The van der Waals surface area contributed by atoms with Crippen LogP contribution < -0.4 is 0 Å². The Bertz CT molecular complexity index is 1290. The first-order valence-corrected chi connectivity index (χ1v) is 10.4. The molecule has 4 aromatic rings. The maximum absolute atomic E-state index is 13.6. The zero-order chi connectivity index (χ0) is 23.7. The molecule has 8 nitrogen and oxygen atoms in total. The number of nitrogens with zero attached hydrogens (tertiary/aromatic N) is 4. The summed E-state index contributed by atoms with van der Waals surface area (Å²) >= 11 is 0. The number of carbonyl (C=O) groups excluding carboxylic acids is 1. The second kappa shape index (κ2) is 8.75. The molecule has 1 saturated heterocycles. The van der Waals surface area contributed by atoms with E-state index >= 15 is 0 Å². The number of halogens is 3. The van der Waals surface area contributed by atoms with Crippen LogP contribution >= 0.6 is 0 Å². The minimum absolute atomic E-state index is 0.0118. The van der Waals surface area contributed by atoms with Gasteiger partial charge in [0.15, 0.2) is 5.82 Å². The Morgan fingerprint density at radius 2 is 1.79 bits per heavy atom. The molecule has 1 aromatic carbocycles. The number of pyridine rings is 1. The van der Waals surface area contributed by atoms with E-state index < -0.39 is 11.9 Å². The zero-order valence-electron chi connectivity index (χ0n) is 17.7. The summed E-state index contributed by atoms with van der Waals surface area (Å²) in [5.41, 5.74) is 1.02. The molecule has 0 radical (unpaired) electrons. The van der Waals surface area contributed by atoms with Gasteiger partial charge in [0.25, 0.3) is 5.91 Å². The van der Waals surface area contributed by atoms with Gasteiger partial charge in [-0.25, -0.2) is 4.98 Å². The number of imidazole rings is 1. The topological polar surface area (TPSA) is 97.1 Å². The minimum atomic E-state index is -4.76. The van der Waals surface area contributed by atoms with Crippen molar-refractivity contribution in [3.05, 3.63) is 66.2 Å². The molecule has 1 amide bonds. The number of ether oxygens (including phenoxy) is 1. The van der Waals surface area contributed by atoms with Crippen molar-refractivity contribution in [2.24, 2.45) is 0 Å².